The summed E-state index contributed by atoms with van der Waals surface area (Å²) in [5, 5.41) is 5.08. The third kappa shape index (κ3) is 13.9. The molecule has 0 saturated carbocycles. The van der Waals surface area contributed by atoms with Crippen molar-refractivity contribution in [2.24, 2.45) is 5.92 Å². The number of benzene rings is 3. The first-order chi connectivity index (χ1) is 33.0. The molecule has 3 heterocycles. The molecule has 370 valence electrons. The van der Waals surface area contributed by atoms with Gasteiger partial charge in [-0.2, -0.15) is 8.42 Å². The van der Waals surface area contributed by atoms with E-state index in [9.17, 15) is 46.5 Å². The highest BCUT2D eigenvalue weighted by molar-refractivity contribution is 7.85. The Morgan fingerprint density at radius 1 is 0.841 bits per heavy atom. The average molecular weight is 972 g/mol. The molecule has 18 nitrogen and oxygen atoms in total. The first kappa shape index (κ1) is 52.1. The molecule has 2 aromatic carbocycles. The third-order valence-electron chi connectivity index (χ3n) is 12.6. The van der Waals surface area contributed by atoms with Crippen LogP contribution in [0, 0.1) is 12.8 Å². The molecule has 0 spiro atoms. The number of Topliss-reactive ketones (excluding diaryl/α,β-unsaturated/α-hetero) is 1. The summed E-state index contributed by atoms with van der Waals surface area (Å²) in [6, 6.07) is 19.7. The van der Waals surface area contributed by atoms with Gasteiger partial charge in [0.1, 0.15) is 30.2 Å². The summed E-state index contributed by atoms with van der Waals surface area (Å²) in [4.78, 5) is 99.2. The summed E-state index contributed by atoms with van der Waals surface area (Å²) >= 11 is 0. The molecule has 1 unspecified atom stereocenters. The number of nitrogens with zero attached hydrogens (tertiary/aromatic N) is 5. The number of fused-ring (bicyclic) bond motifs is 2. The fourth-order valence-corrected chi connectivity index (χ4v) is 9.58. The zero-order valence-electron chi connectivity index (χ0n) is 39.9. The van der Waals surface area contributed by atoms with Gasteiger partial charge in [0.15, 0.2) is 0 Å². The van der Waals surface area contributed by atoms with Gasteiger partial charge in [0.25, 0.3) is 27.8 Å². The minimum absolute atomic E-state index is 0.0218. The van der Waals surface area contributed by atoms with Crippen LogP contribution in [0.2, 0.25) is 0 Å². The Morgan fingerprint density at radius 2 is 1.54 bits per heavy atom. The van der Waals surface area contributed by atoms with E-state index in [4.69, 9.17) is 9.25 Å². The lowest BCUT2D eigenvalue weighted by molar-refractivity contribution is -0.197. The minimum atomic E-state index is -4.62. The zero-order chi connectivity index (χ0) is 49.8. The van der Waals surface area contributed by atoms with Crippen molar-refractivity contribution in [1.82, 2.24) is 29.7 Å². The highest BCUT2D eigenvalue weighted by Gasteiger charge is 2.33. The van der Waals surface area contributed by atoms with Crippen LogP contribution >= 0.6 is 0 Å². The molecule has 0 radical (unpaired) electrons. The van der Waals surface area contributed by atoms with Crippen molar-refractivity contribution in [1.29, 1.82) is 0 Å². The van der Waals surface area contributed by atoms with Crippen LogP contribution in [0.25, 0.3) is 33.4 Å². The van der Waals surface area contributed by atoms with Gasteiger partial charge in [-0.1, -0.05) is 36.8 Å². The summed E-state index contributed by atoms with van der Waals surface area (Å²) in [7, 11) is -2.81. The lowest BCUT2D eigenvalue weighted by atomic mass is 9.90. The van der Waals surface area contributed by atoms with Crippen molar-refractivity contribution >= 4 is 62.4 Å². The van der Waals surface area contributed by atoms with Crippen molar-refractivity contribution in [2.75, 3.05) is 71.7 Å². The zero-order valence-corrected chi connectivity index (χ0v) is 40.7. The van der Waals surface area contributed by atoms with Gasteiger partial charge in [0.2, 0.25) is 17.2 Å². The fourth-order valence-electron chi connectivity index (χ4n) is 8.80. The second-order valence-electron chi connectivity index (χ2n) is 17.7. The summed E-state index contributed by atoms with van der Waals surface area (Å²) in [5.41, 5.74) is 4.80. The molecular weight excluding hydrogens is 909 g/mol. The second-order valence-corrected chi connectivity index (χ2v) is 19.2. The number of hydroxylamine groups is 2. The molecule has 0 bridgehead atoms. The van der Waals surface area contributed by atoms with E-state index in [1.54, 1.807) is 9.80 Å². The Hall–Kier alpha value is -6.31. The first-order valence-corrected chi connectivity index (χ1v) is 25.3. The molecular formula is C50H63N6O12S+. The topological polar surface area (TPSA) is 224 Å². The van der Waals surface area contributed by atoms with E-state index in [1.165, 1.54) is 0 Å². The van der Waals surface area contributed by atoms with Gasteiger partial charge < -0.3 is 29.3 Å². The van der Waals surface area contributed by atoms with E-state index in [0.29, 0.717) is 54.3 Å². The van der Waals surface area contributed by atoms with E-state index in [-0.39, 0.29) is 76.6 Å². The predicted molar refractivity (Wildman–Crippen MR) is 257 cm³/mol. The van der Waals surface area contributed by atoms with E-state index in [1.807, 2.05) is 67.4 Å². The molecule has 2 fully saturated rings. The Labute approximate surface area is 402 Å². The summed E-state index contributed by atoms with van der Waals surface area (Å²) in [6.07, 6.45) is 1.01. The molecule has 2 saturated heterocycles. The highest BCUT2D eigenvalue weighted by atomic mass is 32.2. The van der Waals surface area contributed by atoms with Gasteiger partial charge in [-0.3, -0.25) is 33.3 Å². The predicted octanol–water partition coefficient (Wildman–Crippen LogP) is 4.07. The number of piperazine rings is 1. The number of carbonyl (C=O) groups is 7. The maximum absolute atomic E-state index is 14.4. The quantitative estimate of drug-likeness (QED) is 0.0373. The van der Waals surface area contributed by atoms with E-state index in [0.717, 1.165) is 46.1 Å². The Balaban J connectivity index is 0.978. The number of amides is 5. The lowest BCUT2D eigenvalue weighted by Gasteiger charge is -2.35. The Kier molecular flexibility index (Phi) is 18.0. The third-order valence-corrected chi connectivity index (χ3v) is 13.4. The van der Waals surface area contributed by atoms with Crippen molar-refractivity contribution in [3.05, 3.63) is 77.1 Å². The normalized spacial score (nSPS) is 14.7. The maximum atomic E-state index is 14.4. The molecule has 5 amide bonds. The summed E-state index contributed by atoms with van der Waals surface area (Å²) in [6.45, 7) is 10.0. The van der Waals surface area contributed by atoms with Crippen molar-refractivity contribution in [3.63, 3.8) is 0 Å². The first-order valence-electron chi connectivity index (χ1n) is 23.7. The number of aryl methyl sites for hydroxylation is 1. The van der Waals surface area contributed by atoms with E-state index in [2.05, 4.69) is 35.9 Å². The lowest BCUT2D eigenvalue weighted by Crippen LogP contribution is -2.50. The number of hydrogen-bond donors (Lipinski definition) is 2. The van der Waals surface area contributed by atoms with Crippen molar-refractivity contribution < 1.29 is 55.8 Å². The molecule has 2 aromatic rings. The summed E-state index contributed by atoms with van der Waals surface area (Å²) < 4.78 is 42.0. The molecule has 1 atom stereocenters. The van der Waals surface area contributed by atoms with Crippen molar-refractivity contribution in [3.8, 4) is 22.5 Å². The van der Waals surface area contributed by atoms with Crippen molar-refractivity contribution in [2.45, 2.75) is 78.6 Å². The smallest absolute Gasteiger partial charge is 0.333 e. The van der Waals surface area contributed by atoms with Crippen LogP contribution in [0.4, 0.5) is 0 Å². The largest absolute Gasteiger partial charge is 0.456 e. The fraction of sp³-hybridized carbons (Fsp3) is 0.480. The number of carbonyl (C=O) groups excluding carboxylic acids is 7. The van der Waals surface area contributed by atoms with Gasteiger partial charge in [0, 0.05) is 106 Å². The molecule has 4 aliphatic rings. The standard InChI is InChI=1S/C50H62N6O12S/c1-5-53(6-2)36-16-19-41-43(32-36)67-42-30-34(3)15-18-40(42)48(41)38-12-9-10-13-39(38)50(63)55-28-26-54(27-29-55)44(58)20-17-37(57)31-35(33-69(64,65)66)49(62)51-23-25-52(4)24-11-7-8-14-47(61)68-56-45(59)21-22-46(56)60/h9-10,12-13,15-16,18-19,30,32,35H,5-8,11,14,17,20-29,31,33H2,1-4H3,(H-,51,62,64,65,66)/p+1. The SMILES string of the molecule is CC[N+](CC)=c1ccc2c(-c3ccccc3C(=O)N3CCN(C(=O)CCC(=O)CC(CS(=O)(=O)O)C(=O)NCCN(C)CCCCCC(=O)ON4C(=O)CCC4=O)CC3)c3ccc(C)cc3oc-2c1. The van der Waals surface area contributed by atoms with Crippen LogP contribution in [0.3, 0.4) is 0 Å². The number of ketones is 1. The van der Waals surface area contributed by atoms with E-state index >= 15 is 0 Å². The number of likely N-dealkylation sites (N-methyl/N-ethyl adjacent to an activating group) is 1. The highest BCUT2D eigenvalue weighted by Crippen LogP contribution is 2.41. The molecule has 0 aromatic heterocycles. The van der Waals surface area contributed by atoms with E-state index < -0.39 is 57.7 Å². The maximum Gasteiger partial charge on any atom is 0.333 e. The van der Waals surface area contributed by atoms with Crippen LogP contribution < -0.4 is 15.2 Å². The average Bonchev–Trinajstić information content (AvgIpc) is 3.63. The van der Waals surface area contributed by atoms with Gasteiger partial charge in [-0.15, -0.1) is 5.06 Å². The Morgan fingerprint density at radius 3 is 2.23 bits per heavy atom. The molecule has 2 N–H and O–H groups in total. The minimum Gasteiger partial charge on any atom is -0.456 e. The van der Waals surface area contributed by atoms with Gasteiger partial charge >= 0.3 is 5.97 Å². The molecule has 6 rings (SSSR count). The second kappa shape index (κ2) is 23.8. The van der Waals surface area contributed by atoms with Crippen LogP contribution in [0.5, 0.6) is 0 Å². The number of imide groups is 1. The van der Waals surface area contributed by atoms with Gasteiger partial charge in [-0.05, 0) is 76.5 Å². The molecule has 69 heavy (non-hydrogen) atoms. The molecule has 19 heteroatoms. The van der Waals surface area contributed by atoms with Crippen LogP contribution in [0.1, 0.15) is 87.6 Å². The van der Waals surface area contributed by atoms with Crippen LogP contribution in [-0.2, 0) is 43.7 Å². The number of nitrogens with one attached hydrogen (secondary N) is 1. The monoisotopic (exact) mass is 971 g/mol. The number of unbranched alkanes of at least 4 members (excludes halogenated alkanes) is 2. The summed E-state index contributed by atoms with van der Waals surface area (Å²) in [5.74, 6) is -5.07. The van der Waals surface area contributed by atoms with Crippen LogP contribution in [0.15, 0.2) is 65.1 Å². The van der Waals surface area contributed by atoms with Gasteiger partial charge in [-0.25, -0.2) is 9.37 Å². The number of rotatable bonds is 22. The van der Waals surface area contributed by atoms with Gasteiger partial charge in [0.05, 0.1) is 17.7 Å². The molecule has 1 aliphatic carbocycles. The Bertz CT molecular complexity index is 2710. The number of hydrogen-bond acceptors (Lipinski definition) is 12. The van der Waals surface area contributed by atoms with Crippen LogP contribution in [-0.4, -0.2) is 146 Å². The molecule has 3 aliphatic heterocycles.